The number of carboxylic acids is 1. The van der Waals surface area contributed by atoms with Crippen LogP contribution in [0.4, 0.5) is 0 Å². The van der Waals surface area contributed by atoms with Gasteiger partial charge in [-0.2, -0.15) is 0 Å². The highest BCUT2D eigenvalue weighted by atomic mass is 16.4. The van der Waals surface area contributed by atoms with Gasteiger partial charge in [0.15, 0.2) is 0 Å². The zero-order valence-electron chi connectivity index (χ0n) is 13.7. The van der Waals surface area contributed by atoms with Gasteiger partial charge >= 0.3 is 5.97 Å². The Hall–Kier alpha value is -1.06. The molecule has 3 aliphatic rings. The Morgan fingerprint density at radius 3 is 2.41 bits per heavy atom. The lowest BCUT2D eigenvalue weighted by atomic mass is 9.67. The second kappa shape index (κ2) is 6.59. The SMILES string of the molecule is C[C@@H]1[C@H](C(=O)O)CCCN1C(=O)C1CCC2CCCCC2C1. The molecule has 0 bridgehead atoms. The number of carbonyl (C=O) groups excluding carboxylic acids is 1. The highest BCUT2D eigenvalue weighted by Crippen LogP contribution is 2.43. The van der Waals surface area contributed by atoms with Crippen LogP contribution < -0.4 is 0 Å². The van der Waals surface area contributed by atoms with E-state index < -0.39 is 5.97 Å². The van der Waals surface area contributed by atoms with Crippen LogP contribution in [0.3, 0.4) is 0 Å². The van der Waals surface area contributed by atoms with Crippen molar-refractivity contribution in [3.8, 4) is 0 Å². The molecule has 1 saturated heterocycles. The summed E-state index contributed by atoms with van der Waals surface area (Å²) >= 11 is 0. The lowest BCUT2D eigenvalue weighted by Gasteiger charge is -2.43. The molecule has 0 aromatic heterocycles. The van der Waals surface area contributed by atoms with E-state index >= 15 is 0 Å². The molecule has 3 fully saturated rings. The van der Waals surface area contributed by atoms with Crippen molar-refractivity contribution in [2.45, 2.75) is 70.8 Å². The normalized spacial score (nSPS) is 39.1. The van der Waals surface area contributed by atoms with Crippen molar-refractivity contribution < 1.29 is 14.7 Å². The Kier molecular flexibility index (Phi) is 4.74. The number of carbonyl (C=O) groups is 2. The van der Waals surface area contributed by atoms with Crippen molar-refractivity contribution in [2.75, 3.05) is 6.54 Å². The molecular formula is C18H29NO3. The Morgan fingerprint density at radius 2 is 1.68 bits per heavy atom. The fourth-order valence-electron chi connectivity index (χ4n) is 5.12. The summed E-state index contributed by atoms with van der Waals surface area (Å²) in [6.07, 6.45) is 10.1. The molecule has 124 valence electrons. The van der Waals surface area contributed by atoms with Gasteiger partial charge in [-0.3, -0.25) is 9.59 Å². The molecule has 5 atom stereocenters. The summed E-state index contributed by atoms with van der Waals surface area (Å²) in [4.78, 5) is 26.2. The van der Waals surface area contributed by atoms with Gasteiger partial charge in [0.05, 0.1) is 5.92 Å². The standard InChI is InChI=1S/C18H29NO3/c1-12-16(18(21)22)7-4-10-19(12)17(20)15-9-8-13-5-2-3-6-14(13)11-15/h12-16H,2-11H2,1H3,(H,21,22)/t12-,13?,14?,15?,16-/m1/s1. The number of likely N-dealkylation sites (tertiary alicyclic amines) is 1. The smallest absolute Gasteiger partial charge is 0.308 e. The fourth-order valence-corrected chi connectivity index (χ4v) is 5.12. The summed E-state index contributed by atoms with van der Waals surface area (Å²) in [6.45, 7) is 2.66. The van der Waals surface area contributed by atoms with Crippen molar-refractivity contribution in [3.63, 3.8) is 0 Å². The van der Waals surface area contributed by atoms with Crippen molar-refractivity contribution in [1.29, 1.82) is 0 Å². The summed E-state index contributed by atoms with van der Waals surface area (Å²) in [5.74, 6) is 0.844. The van der Waals surface area contributed by atoms with Gasteiger partial charge in [0.25, 0.3) is 0 Å². The number of rotatable bonds is 2. The highest BCUT2D eigenvalue weighted by Gasteiger charge is 2.40. The maximum atomic E-state index is 12.9. The molecule has 0 aromatic rings. The lowest BCUT2D eigenvalue weighted by Crippen LogP contribution is -2.51. The minimum Gasteiger partial charge on any atom is -0.481 e. The molecule has 3 rings (SSSR count). The highest BCUT2D eigenvalue weighted by molar-refractivity contribution is 5.81. The zero-order chi connectivity index (χ0) is 15.7. The van der Waals surface area contributed by atoms with E-state index in [1.165, 1.54) is 32.1 Å². The summed E-state index contributed by atoms with van der Waals surface area (Å²) < 4.78 is 0. The first kappa shape index (κ1) is 15.8. The van der Waals surface area contributed by atoms with Crippen LogP contribution in [0.25, 0.3) is 0 Å². The van der Waals surface area contributed by atoms with E-state index in [-0.39, 0.29) is 23.8 Å². The van der Waals surface area contributed by atoms with E-state index in [9.17, 15) is 14.7 Å². The molecule has 0 radical (unpaired) electrons. The van der Waals surface area contributed by atoms with Crippen LogP contribution in [0, 0.1) is 23.7 Å². The molecule has 1 amide bonds. The number of hydrogen-bond donors (Lipinski definition) is 1. The van der Waals surface area contributed by atoms with Gasteiger partial charge in [0.1, 0.15) is 0 Å². The van der Waals surface area contributed by atoms with Crippen LogP contribution >= 0.6 is 0 Å². The summed E-state index contributed by atoms with van der Waals surface area (Å²) in [7, 11) is 0. The molecule has 1 aliphatic heterocycles. The van der Waals surface area contributed by atoms with Gasteiger partial charge in [0.2, 0.25) is 5.91 Å². The van der Waals surface area contributed by atoms with Crippen molar-refractivity contribution in [2.24, 2.45) is 23.7 Å². The average Bonchev–Trinajstić information content (AvgIpc) is 2.53. The monoisotopic (exact) mass is 307 g/mol. The fraction of sp³-hybridized carbons (Fsp3) is 0.889. The number of piperidine rings is 1. The molecule has 3 unspecified atom stereocenters. The summed E-state index contributed by atoms with van der Waals surface area (Å²) in [6, 6.07) is -0.150. The van der Waals surface area contributed by atoms with Gasteiger partial charge in [-0.1, -0.05) is 25.7 Å². The van der Waals surface area contributed by atoms with E-state index in [1.54, 1.807) is 0 Å². The van der Waals surface area contributed by atoms with Gasteiger partial charge in [-0.15, -0.1) is 0 Å². The largest absolute Gasteiger partial charge is 0.481 e. The first-order chi connectivity index (χ1) is 10.6. The first-order valence-electron chi connectivity index (χ1n) is 9.11. The molecule has 4 nitrogen and oxygen atoms in total. The van der Waals surface area contributed by atoms with Crippen LogP contribution in [-0.2, 0) is 9.59 Å². The molecule has 2 saturated carbocycles. The number of amides is 1. The van der Waals surface area contributed by atoms with E-state index in [0.29, 0.717) is 6.42 Å². The third-order valence-electron chi connectivity index (χ3n) is 6.48. The lowest BCUT2D eigenvalue weighted by molar-refractivity contribution is -0.151. The molecule has 0 spiro atoms. The molecule has 0 aromatic carbocycles. The Labute approximate surface area is 133 Å². The van der Waals surface area contributed by atoms with E-state index in [2.05, 4.69) is 0 Å². The van der Waals surface area contributed by atoms with Gasteiger partial charge in [-0.05, 0) is 50.9 Å². The minimum atomic E-state index is -0.749. The molecule has 2 aliphatic carbocycles. The predicted octanol–water partition coefficient (Wildman–Crippen LogP) is 3.30. The first-order valence-corrected chi connectivity index (χ1v) is 9.11. The number of nitrogens with zero attached hydrogens (tertiary/aromatic N) is 1. The quantitative estimate of drug-likeness (QED) is 0.851. The second-order valence-electron chi connectivity index (χ2n) is 7.67. The van der Waals surface area contributed by atoms with Crippen LogP contribution in [-0.4, -0.2) is 34.5 Å². The molecule has 22 heavy (non-hydrogen) atoms. The molecular weight excluding hydrogens is 278 g/mol. The van der Waals surface area contributed by atoms with Gasteiger partial charge in [0, 0.05) is 18.5 Å². The van der Waals surface area contributed by atoms with Gasteiger partial charge < -0.3 is 10.0 Å². The number of hydrogen-bond acceptors (Lipinski definition) is 2. The average molecular weight is 307 g/mol. The van der Waals surface area contributed by atoms with E-state index in [4.69, 9.17) is 0 Å². The predicted molar refractivity (Wildman–Crippen MR) is 84.3 cm³/mol. The maximum absolute atomic E-state index is 12.9. The van der Waals surface area contributed by atoms with E-state index in [1.807, 2.05) is 11.8 Å². The minimum absolute atomic E-state index is 0.148. The number of aliphatic carboxylic acids is 1. The summed E-state index contributed by atoms with van der Waals surface area (Å²) in [5, 5.41) is 9.33. The maximum Gasteiger partial charge on any atom is 0.308 e. The van der Waals surface area contributed by atoms with Gasteiger partial charge in [-0.25, -0.2) is 0 Å². The Morgan fingerprint density at radius 1 is 0.955 bits per heavy atom. The number of fused-ring (bicyclic) bond motifs is 1. The van der Waals surface area contributed by atoms with Crippen molar-refractivity contribution in [3.05, 3.63) is 0 Å². The van der Waals surface area contributed by atoms with Crippen LogP contribution in [0.5, 0.6) is 0 Å². The molecule has 1 N–H and O–H groups in total. The van der Waals surface area contributed by atoms with Crippen LogP contribution in [0.15, 0.2) is 0 Å². The summed E-state index contributed by atoms with van der Waals surface area (Å²) in [5.41, 5.74) is 0. The van der Waals surface area contributed by atoms with Crippen LogP contribution in [0.2, 0.25) is 0 Å². The second-order valence-corrected chi connectivity index (χ2v) is 7.67. The Bertz CT molecular complexity index is 436. The van der Waals surface area contributed by atoms with Crippen molar-refractivity contribution in [1.82, 2.24) is 4.90 Å². The third-order valence-corrected chi connectivity index (χ3v) is 6.48. The molecule has 4 heteroatoms. The number of carboxylic acid groups (broad SMARTS) is 1. The zero-order valence-corrected chi connectivity index (χ0v) is 13.7. The molecule has 1 heterocycles. The topological polar surface area (TPSA) is 57.6 Å². The Balaban J connectivity index is 1.64. The third kappa shape index (κ3) is 3.02. The van der Waals surface area contributed by atoms with Crippen molar-refractivity contribution >= 4 is 11.9 Å². The van der Waals surface area contributed by atoms with Crippen LogP contribution in [0.1, 0.15) is 64.7 Å². The van der Waals surface area contributed by atoms with E-state index in [0.717, 1.165) is 37.6 Å².